The number of ether oxygens (including phenoxy) is 2. The summed E-state index contributed by atoms with van der Waals surface area (Å²) in [6.07, 6.45) is 0.542. The second-order valence-electron chi connectivity index (χ2n) is 9.29. The number of carbonyl (C=O) groups excluding carboxylic acids is 3. The Bertz CT molecular complexity index is 1620. The highest BCUT2D eigenvalue weighted by Gasteiger charge is 2.29. The van der Waals surface area contributed by atoms with Crippen molar-refractivity contribution in [2.24, 2.45) is 0 Å². The number of fused-ring (bicyclic) bond motifs is 1. The van der Waals surface area contributed by atoms with Crippen LogP contribution in [0.3, 0.4) is 0 Å². The Hall–Kier alpha value is -3.87. The van der Waals surface area contributed by atoms with Crippen LogP contribution in [0.2, 0.25) is 0 Å². The van der Waals surface area contributed by atoms with Gasteiger partial charge in [-0.15, -0.1) is 22.7 Å². The van der Waals surface area contributed by atoms with Crippen LogP contribution in [0.4, 0.5) is 5.00 Å². The fraction of sp³-hybridized carbons (Fsp3) is 0.321. The third kappa shape index (κ3) is 6.30. The van der Waals surface area contributed by atoms with E-state index in [0.29, 0.717) is 40.1 Å². The highest BCUT2D eigenvalue weighted by atomic mass is 32.1. The minimum absolute atomic E-state index is 0.0956. The van der Waals surface area contributed by atoms with E-state index in [2.05, 4.69) is 15.3 Å². The molecule has 0 radical (unpaired) electrons. The van der Waals surface area contributed by atoms with Gasteiger partial charge in [0.2, 0.25) is 0 Å². The highest BCUT2D eigenvalue weighted by Crippen LogP contribution is 2.36. The van der Waals surface area contributed by atoms with E-state index in [1.807, 2.05) is 49.3 Å². The van der Waals surface area contributed by atoms with Gasteiger partial charge >= 0.3 is 11.9 Å². The number of esters is 2. The molecule has 10 nitrogen and oxygen atoms in total. The van der Waals surface area contributed by atoms with Crippen molar-refractivity contribution in [3.8, 4) is 0 Å². The van der Waals surface area contributed by atoms with Crippen LogP contribution in [0.5, 0.6) is 0 Å². The predicted octanol–water partition coefficient (Wildman–Crippen LogP) is 4.55. The molecule has 3 aromatic heterocycles. The van der Waals surface area contributed by atoms with Crippen molar-refractivity contribution in [3.63, 3.8) is 0 Å². The Labute approximate surface area is 239 Å². The molecule has 0 aliphatic rings. The zero-order valence-electron chi connectivity index (χ0n) is 22.9. The predicted molar refractivity (Wildman–Crippen MR) is 156 cm³/mol. The number of H-pyrrole nitrogens is 1. The van der Waals surface area contributed by atoms with Crippen molar-refractivity contribution < 1.29 is 23.9 Å². The maximum Gasteiger partial charge on any atom is 0.348 e. The van der Waals surface area contributed by atoms with Crippen LogP contribution in [0.15, 0.2) is 35.1 Å². The number of amides is 1. The molecule has 0 aliphatic carbocycles. The largest absolute Gasteiger partial charge is 0.462 e. The molecule has 1 aromatic carbocycles. The first-order chi connectivity index (χ1) is 19.1. The summed E-state index contributed by atoms with van der Waals surface area (Å²) >= 11 is 2.04. The molecule has 0 spiro atoms. The third-order valence-electron chi connectivity index (χ3n) is 6.03. The molecule has 0 atom stereocenters. The number of nitrogens with zero attached hydrogens (tertiary/aromatic N) is 2. The van der Waals surface area contributed by atoms with Crippen molar-refractivity contribution in [1.82, 2.24) is 14.9 Å². The van der Waals surface area contributed by atoms with Crippen molar-refractivity contribution in [2.75, 3.05) is 32.6 Å². The molecule has 0 fully saturated rings. The van der Waals surface area contributed by atoms with Crippen molar-refractivity contribution in [3.05, 3.63) is 78.5 Å². The standard InChI is InChI=1S/C28H30N4O6S2/c1-6-37-27(35)20-16(3)22(28(36)38-13-12-17-10-8-7-9-11-17)40-26(20)31-24(34)21-15(2)19-23(33)29-18(14-32(4)5)30-25(19)39-21/h7-11H,6,12-14H2,1-5H3,(H,31,34)(H,29,30,33). The van der Waals surface area contributed by atoms with Gasteiger partial charge in [0, 0.05) is 6.42 Å². The Morgan fingerprint density at radius 2 is 1.73 bits per heavy atom. The summed E-state index contributed by atoms with van der Waals surface area (Å²) in [6.45, 7) is 5.69. The van der Waals surface area contributed by atoms with Gasteiger partial charge in [-0.2, -0.15) is 0 Å². The van der Waals surface area contributed by atoms with Gasteiger partial charge in [-0.3, -0.25) is 9.59 Å². The average Bonchev–Trinajstić information content (AvgIpc) is 3.40. The first kappa shape index (κ1) is 29.1. The Balaban J connectivity index is 1.61. The number of nitrogens with one attached hydrogen (secondary N) is 2. The average molecular weight is 583 g/mol. The number of hydrogen-bond donors (Lipinski definition) is 2. The number of rotatable bonds is 10. The number of aromatic amines is 1. The monoisotopic (exact) mass is 582 g/mol. The summed E-state index contributed by atoms with van der Waals surface area (Å²) in [5.74, 6) is -1.28. The molecular weight excluding hydrogens is 552 g/mol. The lowest BCUT2D eigenvalue weighted by molar-refractivity contribution is 0.0514. The third-order valence-corrected chi connectivity index (χ3v) is 8.40. The molecule has 0 aliphatic heterocycles. The maximum absolute atomic E-state index is 13.4. The first-order valence-corrected chi connectivity index (χ1v) is 14.2. The van der Waals surface area contributed by atoms with Crippen LogP contribution < -0.4 is 10.9 Å². The van der Waals surface area contributed by atoms with Crippen LogP contribution in [-0.4, -0.2) is 60.0 Å². The smallest absolute Gasteiger partial charge is 0.348 e. The molecule has 210 valence electrons. The molecule has 40 heavy (non-hydrogen) atoms. The van der Waals surface area contributed by atoms with E-state index in [-0.39, 0.29) is 39.1 Å². The lowest BCUT2D eigenvalue weighted by Crippen LogP contribution is -2.18. The lowest BCUT2D eigenvalue weighted by atomic mass is 10.1. The van der Waals surface area contributed by atoms with Crippen LogP contribution in [0, 0.1) is 13.8 Å². The van der Waals surface area contributed by atoms with Gasteiger partial charge < -0.3 is 24.7 Å². The number of thiophene rings is 2. The summed E-state index contributed by atoms with van der Waals surface area (Å²) in [7, 11) is 3.72. The molecule has 0 saturated heterocycles. The minimum Gasteiger partial charge on any atom is -0.462 e. The topological polar surface area (TPSA) is 131 Å². The number of anilines is 1. The summed E-state index contributed by atoms with van der Waals surface area (Å²) < 4.78 is 10.7. The number of aromatic nitrogens is 2. The normalized spacial score (nSPS) is 11.2. The van der Waals surface area contributed by atoms with Gasteiger partial charge in [0.1, 0.15) is 20.5 Å². The minimum atomic E-state index is -0.658. The summed E-state index contributed by atoms with van der Waals surface area (Å²) in [6, 6.07) is 9.62. The van der Waals surface area contributed by atoms with E-state index in [0.717, 1.165) is 28.2 Å². The van der Waals surface area contributed by atoms with Crippen LogP contribution >= 0.6 is 22.7 Å². The molecule has 4 aromatic rings. The van der Waals surface area contributed by atoms with Gasteiger partial charge in [-0.1, -0.05) is 30.3 Å². The van der Waals surface area contributed by atoms with Crippen LogP contribution in [0.1, 0.15) is 59.1 Å². The molecule has 0 bridgehead atoms. The zero-order valence-corrected chi connectivity index (χ0v) is 24.5. The molecule has 0 saturated carbocycles. The zero-order chi connectivity index (χ0) is 29.0. The van der Waals surface area contributed by atoms with Crippen molar-refractivity contribution in [2.45, 2.75) is 33.7 Å². The Morgan fingerprint density at radius 1 is 1.00 bits per heavy atom. The van der Waals surface area contributed by atoms with E-state index in [1.54, 1.807) is 20.8 Å². The molecule has 12 heteroatoms. The summed E-state index contributed by atoms with van der Waals surface area (Å²) in [5, 5.41) is 3.28. The van der Waals surface area contributed by atoms with Gasteiger partial charge in [0.05, 0.1) is 35.6 Å². The van der Waals surface area contributed by atoms with Gasteiger partial charge in [-0.05, 0) is 51.6 Å². The van der Waals surface area contributed by atoms with Crippen molar-refractivity contribution >= 4 is 55.7 Å². The number of benzene rings is 1. The van der Waals surface area contributed by atoms with Gasteiger partial charge in [0.15, 0.2) is 0 Å². The van der Waals surface area contributed by atoms with Crippen LogP contribution in [-0.2, 0) is 22.4 Å². The lowest BCUT2D eigenvalue weighted by Gasteiger charge is -2.07. The first-order valence-electron chi connectivity index (χ1n) is 12.6. The second-order valence-corrected chi connectivity index (χ2v) is 11.3. The molecule has 4 rings (SSSR count). The maximum atomic E-state index is 13.4. The Kier molecular flexibility index (Phi) is 9.13. The number of hydrogen-bond acceptors (Lipinski definition) is 10. The van der Waals surface area contributed by atoms with Crippen LogP contribution in [0.25, 0.3) is 10.2 Å². The van der Waals surface area contributed by atoms with E-state index in [9.17, 15) is 19.2 Å². The summed E-state index contributed by atoms with van der Waals surface area (Å²) in [4.78, 5) is 62.1. The van der Waals surface area contributed by atoms with Gasteiger partial charge in [-0.25, -0.2) is 14.6 Å². The molecule has 0 unspecified atom stereocenters. The van der Waals surface area contributed by atoms with E-state index >= 15 is 0 Å². The molecule has 1 amide bonds. The molecule has 2 N–H and O–H groups in total. The fourth-order valence-corrected chi connectivity index (χ4v) is 6.34. The number of aryl methyl sites for hydroxylation is 1. The number of carbonyl (C=O) groups is 3. The van der Waals surface area contributed by atoms with Crippen molar-refractivity contribution in [1.29, 1.82) is 0 Å². The molecular formula is C28H30N4O6S2. The SMILES string of the molecule is CCOC(=O)c1c(NC(=O)c2sc3nc(CN(C)C)[nH]c(=O)c3c2C)sc(C(=O)OCCc2ccccc2)c1C. The van der Waals surface area contributed by atoms with Gasteiger partial charge in [0.25, 0.3) is 11.5 Å². The quantitative estimate of drug-likeness (QED) is 0.261. The van der Waals surface area contributed by atoms with E-state index < -0.39 is 17.8 Å². The highest BCUT2D eigenvalue weighted by molar-refractivity contribution is 7.21. The second kappa shape index (κ2) is 12.5. The fourth-order valence-electron chi connectivity index (χ4n) is 4.16. The molecule has 3 heterocycles. The summed E-state index contributed by atoms with van der Waals surface area (Å²) in [5.41, 5.74) is 1.64. The Morgan fingerprint density at radius 3 is 2.40 bits per heavy atom. The van der Waals surface area contributed by atoms with E-state index in [4.69, 9.17) is 9.47 Å². The van der Waals surface area contributed by atoms with E-state index in [1.165, 1.54) is 0 Å².